The van der Waals surface area contributed by atoms with Gasteiger partial charge in [-0.15, -0.1) is 0 Å². The third kappa shape index (κ3) is 3.14. The van der Waals surface area contributed by atoms with Crippen LogP contribution < -0.4 is 11.1 Å². The van der Waals surface area contributed by atoms with Crippen molar-refractivity contribution < 1.29 is 13.9 Å². The van der Waals surface area contributed by atoms with Gasteiger partial charge in [-0.1, -0.05) is 32.1 Å². The molecule has 2 aliphatic carbocycles. The molecule has 0 amide bonds. The number of ether oxygens (including phenoxy) is 1. The van der Waals surface area contributed by atoms with E-state index in [9.17, 15) is 9.18 Å². The highest BCUT2D eigenvalue weighted by Gasteiger charge is 2.59. The molecule has 1 heterocycles. The van der Waals surface area contributed by atoms with Crippen molar-refractivity contribution in [1.82, 2.24) is 5.32 Å². The summed E-state index contributed by atoms with van der Waals surface area (Å²) in [5, 5.41) is 3.58. The van der Waals surface area contributed by atoms with E-state index in [-0.39, 0.29) is 23.5 Å². The first kappa shape index (κ1) is 17.2. The van der Waals surface area contributed by atoms with Crippen LogP contribution in [-0.4, -0.2) is 36.9 Å². The Labute approximate surface area is 138 Å². The molecule has 3 N–H and O–H groups in total. The summed E-state index contributed by atoms with van der Waals surface area (Å²) in [5.41, 5.74) is 6.24. The van der Waals surface area contributed by atoms with Crippen LogP contribution in [0.1, 0.15) is 64.2 Å². The van der Waals surface area contributed by atoms with Crippen molar-refractivity contribution >= 4 is 5.97 Å². The lowest BCUT2D eigenvalue weighted by Gasteiger charge is -2.47. The van der Waals surface area contributed by atoms with Crippen LogP contribution in [-0.2, 0) is 9.53 Å². The third-order valence-corrected chi connectivity index (χ3v) is 6.61. The van der Waals surface area contributed by atoms with Gasteiger partial charge < -0.3 is 10.5 Å². The van der Waals surface area contributed by atoms with Gasteiger partial charge in [0.05, 0.1) is 7.11 Å². The lowest BCUT2D eigenvalue weighted by molar-refractivity contribution is -0.143. The quantitative estimate of drug-likeness (QED) is 0.766. The van der Waals surface area contributed by atoms with E-state index in [0.29, 0.717) is 18.8 Å². The fraction of sp³-hybridized carbons (Fsp3) is 0.944. The summed E-state index contributed by atoms with van der Waals surface area (Å²) in [6, 6.07) is -0.827. The van der Waals surface area contributed by atoms with Gasteiger partial charge in [0, 0.05) is 11.6 Å². The van der Waals surface area contributed by atoms with Gasteiger partial charge in [0.15, 0.2) is 0 Å². The van der Waals surface area contributed by atoms with E-state index in [2.05, 4.69) is 5.32 Å². The van der Waals surface area contributed by atoms with Crippen molar-refractivity contribution in [2.75, 3.05) is 7.11 Å². The molecule has 3 fully saturated rings. The SMILES string of the molecule is COC(=O)C1NC2(C3CCCCCCC3)CCC(F)CC2C1N. The van der Waals surface area contributed by atoms with E-state index < -0.39 is 12.2 Å². The number of carbonyl (C=O) groups is 1. The number of esters is 1. The van der Waals surface area contributed by atoms with Crippen LogP contribution in [0.25, 0.3) is 0 Å². The Kier molecular flexibility index (Phi) is 5.26. The Balaban J connectivity index is 1.86. The Morgan fingerprint density at radius 3 is 2.48 bits per heavy atom. The van der Waals surface area contributed by atoms with Crippen LogP contribution in [0.2, 0.25) is 0 Å². The summed E-state index contributed by atoms with van der Waals surface area (Å²) < 4.78 is 19.0. The zero-order valence-electron chi connectivity index (χ0n) is 14.2. The summed E-state index contributed by atoms with van der Waals surface area (Å²) in [7, 11) is 1.40. The molecule has 0 aromatic carbocycles. The Morgan fingerprint density at radius 1 is 1.17 bits per heavy atom. The first-order valence-electron chi connectivity index (χ1n) is 9.33. The third-order valence-electron chi connectivity index (χ3n) is 6.61. The van der Waals surface area contributed by atoms with E-state index in [0.717, 1.165) is 6.42 Å². The number of nitrogens with two attached hydrogens (primary N) is 1. The van der Waals surface area contributed by atoms with Gasteiger partial charge in [-0.3, -0.25) is 10.1 Å². The van der Waals surface area contributed by atoms with Gasteiger partial charge in [-0.25, -0.2) is 4.39 Å². The molecule has 23 heavy (non-hydrogen) atoms. The van der Waals surface area contributed by atoms with Gasteiger partial charge in [0.25, 0.3) is 0 Å². The Bertz CT molecular complexity index is 425. The summed E-state index contributed by atoms with van der Waals surface area (Å²) in [6.07, 6.45) is 9.78. The molecule has 5 unspecified atom stereocenters. The molecule has 5 heteroatoms. The highest BCUT2D eigenvalue weighted by atomic mass is 19.1. The van der Waals surface area contributed by atoms with Crippen LogP contribution >= 0.6 is 0 Å². The average Bonchev–Trinajstić information content (AvgIpc) is 2.80. The molecule has 0 spiro atoms. The summed E-state index contributed by atoms with van der Waals surface area (Å²) >= 11 is 0. The highest BCUT2D eigenvalue weighted by Crippen LogP contribution is 2.49. The molecule has 1 aliphatic heterocycles. The first-order chi connectivity index (χ1) is 11.1. The molecule has 132 valence electrons. The zero-order valence-corrected chi connectivity index (χ0v) is 14.2. The van der Waals surface area contributed by atoms with Crippen molar-refractivity contribution in [3.05, 3.63) is 0 Å². The summed E-state index contributed by atoms with van der Waals surface area (Å²) in [6.45, 7) is 0. The number of alkyl halides is 1. The van der Waals surface area contributed by atoms with Gasteiger partial charge >= 0.3 is 5.97 Å². The minimum absolute atomic E-state index is 0.0415. The van der Waals surface area contributed by atoms with Gasteiger partial charge in [0.1, 0.15) is 12.2 Å². The molecule has 3 rings (SSSR count). The van der Waals surface area contributed by atoms with E-state index in [1.54, 1.807) is 0 Å². The number of carbonyl (C=O) groups excluding carboxylic acids is 1. The topological polar surface area (TPSA) is 64.3 Å². The monoisotopic (exact) mass is 326 g/mol. The predicted molar refractivity (Wildman–Crippen MR) is 87.7 cm³/mol. The molecule has 5 atom stereocenters. The largest absolute Gasteiger partial charge is 0.468 e. The standard InChI is InChI=1S/C18H31FN2O2/c1-23-17(22)16-15(20)14-11-13(19)9-10-18(14,21-16)12-7-5-3-2-4-6-8-12/h12-16,21H,2-11,20H2,1H3. The van der Waals surface area contributed by atoms with Crippen molar-refractivity contribution in [3.63, 3.8) is 0 Å². The molecule has 0 bridgehead atoms. The number of halogens is 1. The van der Waals surface area contributed by atoms with Crippen molar-refractivity contribution in [2.45, 2.75) is 88.0 Å². The molecule has 3 aliphatic rings. The lowest BCUT2D eigenvalue weighted by Crippen LogP contribution is -2.56. The molecule has 4 nitrogen and oxygen atoms in total. The van der Waals surface area contributed by atoms with Crippen LogP contribution in [0, 0.1) is 11.8 Å². The minimum atomic E-state index is -0.786. The normalized spacial score (nSPS) is 42.6. The lowest BCUT2D eigenvalue weighted by atomic mass is 9.62. The first-order valence-corrected chi connectivity index (χ1v) is 9.33. The molecule has 0 radical (unpaired) electrons. The van der Waals surface area contributed by atoms with Gasteiger partial charge in [-0.05, 0) is 43.9 Å². The predicted octanol–water partition coefficient (Wildman–Crippen LogP) is 2.70. The van der Waals surface area contributed by atoms with Crippen LogP contribution in [0.3, 0.4) is 0 Å². The fourth-order valence-electron chi connectivity index (χ4n) is 5.42. The average molecular weight is 326 g/mol. The number of hydrogen-bond acceptors (Lipinski definition) is 4. The van der Waals surface area contributed by atoms with Crippen molar-refractivity contribution in [2.24, 2.45) is 17.6 Å². The van der Waals surface area contributed by atoms with Gasteiger partial charge in [0.2, 0.25) is 0 Å². The van der Waals surface area contributed by atoms with E-state index in [1.807, 2.05) is 0 Å². The fourth-order valence-corrected chi connectivity index (χ4v) is 5.42. The molecular formula is C18H31FN2O2. The molecule has 0 aromatic heterocycles. The van der Waals surface area contributed by atoms with Gasteiger partial charge in [-0.2, -0.15) is 0 Å². The maximum atomic E-state index is 14.1. The number of fused-ring (bicyclic) bond motifs is 1. The van der Waals surface area contributed by atoms with E-state index in [1.165, 1.54) is 52.1 Å². The van der Waals surface area contributed by atoms with Crippen molar-refractivity contribution in [1.29, 1.82) is 0 Å². The van der Waals surface area contributed by atoms with Crippen LogP contribution in [0.4, 0.5) is 4.39 Å². The van der Waals surface area contributed by atoms with E-state index in [4.69, 9.17) is 10.5 Å². The van der Waals surface area contributed by atoms with E-state index >= 15 is 0 Å². The second-order valence-electron chi connectivity index (χ2n) is 7.78. The molecule has 0 aromatic rings. The minimum Gasteiger partial charge on any atom is -0.468 e. The number of nitrogens with one attached hydrogen (secondary N) is 1. The highest BCUT2D eigenvalue weighted by molar-refractivity contribution is 5.77. The maximum Gasteiger partial charge on any atom is 0.324 e. The number of methoxy groups -OCH3 is 1. The molecule has 2 saturated carbocycles. The van der Waals surface area contributed by atoms with Crippen molar-refractivity contribution in [3.8, 4) is 0 Å². The Morgan fingerprint density at radius 2 is 1.83 bits per heavy atom. The van der Waals surface area contributed by atoms with Crippen LogP contribution in [0.5, 0.6) is 0 Å². The smallest absolute Gasteiger partial charge is 0.324 e. The van der Waals surface area contributed by atoms with Crippen LogP contribution in [0.15, 0.2) is 0 Å². The Hall–Kier alpha value is -0.680. The number of hydrogen-bond donors (Lipinski definition) is 2. The second-order valence-corrected chi connectivity index (χ2v) is 7.78. The molecule has 1 saturated heterocycles. The summed E-state index contributed by atoms with van der Waals surface area (Å²) in [5.74, 6) is 0.244. The maximum absolute atomic E-state index is 14.1. The molecular weight excluding hydrogens is 295 g/mol. The second kappa shape index (κ2) is 7.06. The number of rotatable bonds is 2. The summed E-state index contributed by atoms with van der Waals surface area (Å²) in [4.78, 5) is 12.1. The zero-order chi connectivity index (χ0) is 16.4.